The lowest BCUT2D eigenvalue weighted by Gasteiger charge is -2.29. The highest BCUT2D eigenvalue weighted by molar-refractivity contribution is 5.99. The normalized spacial score (nSPS) is 22.0. The average Bonchev–Trinajstić information content (AvgIpc) is 3.08. The zero-order chi connectivity index (χ0) is 16.1. The van der Waals surface area contributed by atoms with Gasteiger partial charge in [-0.3, -0.25) is 9.55 Å². The zero-order valence-corrected chi connectivity index (χ0v) is 12.5. The van der Waals surface area contributed by atoms with Crippen LogP contribution in [0.1, 0.15) is 49.3 Å². The fourth-order valence-corrected chi connectivity index (χ4v) is 3.54. The van der Waals surface area contributed by atoms with Crippen molar-refractivity contribution in [3.63, 3.8) is 0 Å². The zero-order valence-electron chi connectivity index (χ0n) is 12.5. The van der Waals surface area contributed by atoms with Gasteiger partial charge in [-0.05, 0) is 18.8 Å². The minimum Gasteiger partial charge on any atom is -0.475 e. The molecule has 0 bridgehead atoms. The Bertz CT molecular complexity index is 968. The Morgan fingerprint density at radius 3 is 2.78 bits per heavy atom. The molecule has 1 saturated carbocycles. The summed E-state index contributed by atoms with van der Waals surface area (Å²) in [7, 11) is 0. The van der Waals surface area contributed by atoms with Gasteiger partial charge in [0.1, 0.15) is 11.0 Å². The third-order valence-electron chi connectivity index (χ3n) is 4.68. The topological polar surface area (TPSA) is 130 Å². The van der Waals surface area contributed by atoms with E-state index in [9.17, 15) is 9.59 Å². The van der Waals surface area contributed by atoms with Gasteiger partial charge in [0.2, 0.25) is 11.5 Å². The maximum Gasteiger partial charge on any atom is 0.371 e. The van der Waals surface area contributed by atoms with E-state index in [0.717, 1.165) is 25.7 Å². The van der Waals surface area contributed by atoms with Crippen molar-refractivity contribution >= 4 is 28.3 Å². The predicted octanol–water partition coefficient (Wildman–Crippen LogP) is 1.45. The van der Waals surface area contributed by atoms with Crippen LogP contribution in [0.3, 0.4) is 0 Å². The summed E-state index contributed by atoms with van der Waals surface area (Å²) in [6, 6.07) is 0.0639. The molecule has 0 radical (unpaired) electrons. The van der Waals surface area contributed by atoms with Crippen LogP contribution < -0.4 is 5.69 Å². The molecule has 3 heterocycles. The Hall–Kier alpha value is -2.71. The Morgan fingerprint density at radius 1 is 1.26 bits per heavy atom. The highest BCUT2D eigenvalue weighted by Crippen LogP contribution is 2.35. The lowest BCUT2D eigenvalue weighted by atomic mass is 9.85. The van der Waals surface area contributed by atoms with E-state index in [0.29, 0.717) is 22.6 Å². The van der Waals surface area contributed by atoms with E-state index in [2.05, 4.69) is 32.1 Å². The summed E-state index contributed by atoms with van der Waals surface area (Å²) in [5.74, 6) is -1.02. The number of aromatic nitrogens is 6. The van der Waals surface area contributed by atoms with Crippen molar-refractivity contribution in [2.75, 3.05) is 0 Å². The first kappa shape index (κ1) is 13.9. The van der Waals surface area contributed by atoms with Crippen LogP contribution in [0.25, 0.3) is 22.3 Å². The summed E-state index contributed by atoms with van der Waals surface area (Å²) >= 11 is 0. The lowest BCUT2D eigenvalue weighted by molar-refractivity contribution is 0.0685. The lowest BCUT2D eigenvalue weighted by Crippen LogP contribution is -2.29. The number of carboxylic acid groups (broad SMARTS) is 1. The first-order valence-corrected chi connectivity index (χ1v) is 7.66. The predicted molar refractivity (Wildman–Crippen MR) is 81.4 cm³/mol. The molecule has 4 rings (SSSR count). The monoisotopic (exact) mass is 316 g/mol. The van der Waals surface area contributed by atoms with Gasteiger partial charge in [-0.25, -0.2) is 14.6 Å². The van der Waals surface area contributed by atoms with Gasteiger partial charge in [0.05, 0.1) is 0 Å². The fourth-order valence-electron chi connectivity index (χ4n) is 3.54. The molecule has 23 heavy (non-hydrogen) atoms. The van der Waals surface area contributed by atoms with Crippen LogP contribution >= 0.6 is 0 Å². The molecular formula is C14H16N6O3. The minimum absolute atomic E-state index is 0.0639. The van der Waals surface area contributed by atoms with Crippen molar-refractivity contribution in [2.45, 2.75) is 38.6 Å². The van der Waals surface area contributed by atoms with Gasteiger partial charge in [-0.15, -0.1) is 10.2 Å². The molecule has 0 aromatic carbocycles. The molecule has 9 nitrogen and oxygen atoms in total. The van der Waals surface area contributed by atoms with Crippen molar-refractivity contribution in [1.82, 2.24) is 29.7 Å². The first-order chi connectivity index (χ1) is 11.1. The van der Waals surface area contributed by atoms with Crippen LogP contribution in [0, 0.1) is 5.92 Å². The van der Waals surface area contributed by atoms with Gasteiger partial charge in [0.25, 0.3) is 0 Å². The average molecular weight is 316 g/mol. The quantitative estimate of drug-likeness (QED) is 0.656. The van der Waals surface area contributed by atoms with E-state index in [1.807, 2.05) is 0 Å². The third kappa shape index (κ3) is 2.03. The van der Waals surface area contributed by atoms with Gasteiger partial charge < -0.3 is 10.1 Å². The minimum atomic E-state index is -1.17. The number of H-pyrrole nitrogens is 2. The summed E-state index contributed by atoms with van der Waals surface area (Å²) < 4.78 is 1.69. The van der Waals surface area contributed by atoms with Crippen molar-refractivity contribution in [2.24, 2.45) is 5.92 Å². The molecule has 3 aromatic heterocycles. The van der Waals surface area contributed by atoms with E-state index in [1.165, 1.54) is 0 Å². The van der Waals surface area contributed by atoms with Crippen LogP contribution in [-0.4, -0.2) is 40.8 Å². The number of nitrogens with one attached hydrogen (secondary N) is 2. The highest BCUT2D eigenvalue weighted by Gasteiger charge is 2.28. The number of aromatic carboxylic acids is 1. The molecule has 3 N–H and O–H groups in total. The number of hydrogen-bond donors (Lipinski definition) is 3. The van der Waals surface area contributed by atoms with Gasteiger partial charge in [0, 0.05) is 6.04 Å². The molecule has 1 aliphatic carbocycles. The first-order valence-electron chi connectivity index (χ1n) is 7.66. The second-order valence-corrected chi connectivity index (χ2v) is 6.12. The highest BCUT2D eigenvalue weighted by atomic mass is 16.4. The van der Waals surface area contributed by atoms with Crippen LogP contribution in [0.15, 0.2) is 4.79 Å². The van der Waals surface area contributed by atoms with Gasteiger partial charge in [-0.1, -0.05) is 19.8 Å². The molecule has 1 fully saturated rings. The largest absolute Gasteiger partial charge is 0.475 e. The van der Waals surface area contributed by atoms with Crippen LogP contribution in [0.2, 0.25) is 0 Å². The van der Waals surface area contributed by atoms with Crippen LogP contribution in [-0.2, 0) is 0 Å². The second kappa shape index (κ2) is 4.90. The number of fused-ring (bicyclic) bond motifs is 3. The summed E-state index contributed by atoms with van der Waals surface area (Å²) in [4.78, 5) is 33.0. The van der Waals surface area contributed by atoms with Gasteiger partial charge in [-0.2, -0.15) is 0 Å². The molecule has 0 spiro atoms. The second-order valence-electron chi connectivity index (χ2n) is 6.12. The number of nitrogens with zero attached hydrogens (tertiary/aromatic N) is 4. The number of carbonyl (C=O) groups is 1. The molecule has 120 valence electrons. The molecule has 2 atom stereocenters. The molecule has 3 aromatic rings. The van der Waals surface area contributed by atoms with Crippen LogP contribution in [0.4, 0.5) is 0 Å². The molecule has 0 amide bonds. The Morgan fingerprint density at radius 2 is 2.04 bits per heavy atom. The number of imidazole rings is 2. The van der Waals surface area contributed by atoms with E-state index in [4.69, 9.17) is 5.11 Å². The van der Waals surface area contributed by atoms with E-state index < -0.39 is 5.97 Å². The van der Waals surface area contributed by atoms with Crippen LogP contribution in [0.5, 0.6) is 0 Å². The number of hydrogen-bond acceptors (Lipinski definition) is 5. The van der Waals surface area contributed by atoms with E-state index in [1.54, 1.807) is 4.57 Å². The number of carboxylic acids is 1. The van der Waals surface area contributed by atoms with Crippen molar-refractivity contribution in [1.29, 1.82) is 0 Å². The van der Waals surface area contributed by atoms with Gasteiger partial charge >= 0.3 is 11.7 Å². The van der Waals surface area contributed by atoms with E-state index >= 15 is 0 Å². The Kier molecular flexibility index (Phi) is 2.97. The molecular weight excluding hydrogens is 300 g/mol. The van der Waals surface area contributed by atoms with Crippen molar-refractivity contribution in [3.05, 3.63) is 16.3 Å². The Labute approximate surface area is 129 Å². The molecule has 0 saturated heterocycles. The maximum atomic E-state index is 12.5. The van der Waals surface area contributed by atoms with Crippen molar-refractivity contribution < 1.29 is 9.90 Å². The number of aromatic amines is 2. The molecule has 0 aliphatic heterocycles. The smallest absolute Gasteiger partial charge is 0.371 e. The molecule has 9 heteroatoms. The van der Waals surface area contributed by atoms with E-state index in [-0.39, 0.29) is 23.2 Å². The SMILES string of the molecule is CC1CCCCC1n1c(=O)[nH]c2nnc3nc(C(=O)O)[nH]c3c21. The standard InChI is InChI=1S/C14H16N6O3/c1-6-4-2-3-5-7(6)20-9-8-10(16-12(15-8)13(21)22)18-19-11(9)17-14(20)23/h6-7H,2-5H2,1H3,(H,21,22)(H,15,16,18)(H,17,19,23). The fraction of sp³-hybridized carbons (Fsp3) is 0.500. The third-order valence-corrected chi connectivity index (χ3v) is 4.68. The summed E-state index contributed by atoms with van der Waals surface area (Å²) in [6.07, 6.45) is 4.21. The van der Waals surface area contributed by atoms with Crippen molar-refractivity contribution in [3.8, 4) is 0 Å². The molecule has 1 aliphatic rings. The number of rotatable bonds is 2. The van der Waals surface area contributed by atoms with Gasteiger partial charge in [0.15, 0.2) is 5.65 Å². The maximum absolute atomic E-state index is 12.5. The summed E-state index contributed by atoms with van der Waals surface area (Å²) in [5.41, 5.74) is 1.29. The summed E-state index contributed by atoms with van der Waals surface area (Å²) in [6.45, 7) is 2.14. The molecule has 2 unspecified atom stereocenters. The Balaban J connectivity index is 2.02. The summed E-state index contributed by atoms with van der Waals surface area (Å²) in [5, 5.41) is 17.0.